The second-order valence-corrected chi connectivity index (χ2v) is 9.53. The van der Waals surface area contributed by atoms with Gasteiger partial charge in [-0.05, 0) is 80.8 Å². The number of para-hydroxylation sites is 1. The molecule has 7 nitrogen and oxygen atoms in total. The summed E-state index contributed by atoms with van der Waals surface area (Å²) in [7, 11) is 0. The molecule has 4 saturated carbocycles. The molecule has 1 heterocycles. The summed E-state index contributed by atoms with van der Waals surface area (Å²) < 4.78 is 1.61. The molecule has 31 heavy (non-hydrogen) atoms. The number of anilines is 1. The highest BCUT2D eigenvalue weighted by atomic mass is 16.2. The first-order chi connectivity index (χ1) is 15.1. The SMILES string of the molecule is N#Cc1c(CCCNC(=O)NC2C3CC4CC(C3)CC2C4)nn(-c2ccccc2)c1N. The van der Waals surface area contributed by atoms with Gasteiger partial charge in [0.05, 0.1) is 11.4 Å². The molecule has 0 aliphatic heterocycles. The summed E-state index contributed by atoms with van der Waals surface area (Å²) in [5.74, 6) is 3.51. The molecule has 4 bridgehead atoms. The zero-order valence-corrected chi connectivity index (χ0v) is 17.8. The standard InChI is InChI=1S/C24H30N6O/c25-14-20-21(29-30(23(20)26)19-5-2-1-3-6-19)7-4-8-27-24(31)28-22-17-10-15-9-16(12-17)13-18(22)11-15/h1-3,5-6,15-18,22H,4,7-13,26H2,(H2,27,28,31). The highest BCUT2D eigenvalue weighted by Gasteiger charge is 2.48. The van der Waals surface area contributed by atoms with Gasteiger partial charge in [0.15, 0.2) is 0 Å². The first kappa shape index (κ1) is 19.9. The van der Waals surface area contributed by atoms with Crippen LogP contribution in [0.2, 0.25) is 0 Å². The van der Waals surface area contributed by atoms with Crippen LogP contribution in [0.4, 0.5) is 10.6 Å². The van der Waals surface area contributed by atoms with Crippen LogP contribution >= 0.6 is 0 Å². The van der Waals surface area contributed by atoms with Gasteiger partial charge in [0, 0.05) is 12.6 Å². The number of urea groups is 1. The number of carbonyl (C=O) groups is 1. The molecular formula is C24H30N6O. The van der Waals surface area contributed by atoms with Crippen molar-refractivity contribution in [3.05, 3.63) is 41.6 Å². The number of nitrogen functional groups attached to an aromatic ring is 1. The van der Waals surface area contributed by atoms with Gasteiger partial charge in [0.2, 0.25) is 0 Å². The molecule has 7 heteroatoms. The normalized spacial score (nSPS) is 28.3. The fourth-order valence-corrected chi connectivity index (χ4v) is 6.36. The predicted octanol–water partition coefficient (Wildman–Crippen LogP) is 3.38. The Labute approximate surface area is 183 Å². The van der Waals surface area contributed by atoms with Crippen LogP contribution in [-0.4, -0.2) is 28.4 Å². The van der Waals surface area contributed by atoms with Gasteiger partial charge < -0.3 is 16.4 Å². The molecule has 2 aromatic rings. The van der Waals surface area contributed by atoms with Gasteiger partial charge in [-0.2, -0.15) is 10.4 Å². The van der Waals surface area contributed by atoms with Crippen LogP contribution in [0.25, 0.3) is 5.69 Å². The third-order valence-electron chi connectivity index (χ3n) is 7.51. The van der Waals surface area contributed by atoms with Crippen molar-refractivity contribution in [3.8, 4) is 11.8 Å². The topological polar surface area (TPSA) is 109 Å². The Bertz CT molecular complexity index is 963. The summed E-state index contributed by atoms with van der Waals surface area (Å²) in [5.41, 5.74) is 8.08. The van der Waals surface area contributed by atoms with Crippen molar-refractivity contribution < 1.29 is 4.79 Å². The zero-order valence-electron chi connectivity index (χ0n) is 17.8. The third kappa shape index (κ3) is 3.87. The lowest BCUT2D eigenvalue weighted by atomic mass is 9.54. The molecule has 2 amide bonds. The largest absolute Gasteiger partial charge is 0.382 e. The van der Waals surface area contributed by atoms with Crippen LogP contribution in [0, 0.1) is 35.0 Å². The average Bonchev–Trinajstić information content (AvgIpc) is 3.09. The number of hydrogen-bond donors (Lipinski definition) is 3. The van der Waals surface area contributed by atoms with E-state index in [9.17, 15) is 10.1 Å². The molecule has 0 saturated heterocycles. The van der Waals surface area contributed by atoms with Crippen LogP contribution in [0.5, 0.6) is 0 Å². The fourth-order valence-electron chi connectivity index (χ4n) is 6.36. The van der Waals surface area contributed by atoms with E-state index in [1.54, 1.807) is 4.68 Å². The van der Waals surface area contributed by atoms with E-state index in [0.717, 1.165) is 17.5 Å². The Morgan fingerprint density at radius 2 is 1.81 bits per heavy atom. The summed E-state index contributed by atoms with van der Waals surface area (Å²) >= 11 is 0. The molecule has 4 aliphatic rings. The molecule has 4 aliphatic carbocycles. The Morgan fingerprint density at radius 3 is 2.45 bits per heavy atom. The minimum atomic E-state index is -0.0627. The molecule has 0 spiro atoms. The number of amides is 2. The van der Waals surface area contributed by atoms with Crippen LogP contribution in [0.3, 0.4) is 0 Å². The molecule has 0 atom stereocenters. The van der Waals surface area contributed by atoms with E-state index in [1.165, 1.54) is 32.1 Å². The lowest BCUT2D eigenvalue weighted by molar-refractivity contribution is -0.00940. The molecule has 4 fully saturated rings. The lowest BCUT2D eigenvalue weighted by Gasteiger charge is -2.54. The molecular weight excluding hydrogens is 388 g/mol. The number of benzene rings is 1. The number of aryl methyl sites for hydroxylation is 1. The molecule has 1 aromatic carbocycles. The van der Waals surface area contributed by atoms with Crippen molar-refractivity contribution in [3.63, 3.8) is 0 Å². The second-order valence-electron chi connectivity index (χ2n) is 9.53. The maximum atomic E-state index is 12.5. The van der Waals surface area contributed by atoms with E-state index < -0.39 is 0 Å². The smallest absolute Gasteiger partial charge is 0.315 e. The average molecular weight is 419 g/mol. The molecule has 1 aromatic heterocycles. The highest BCUT2D eigenvalue weighted by molar-refractivity contribution is 5.74. The van der Waals surface area contributed by atoms with Crippen LogP contribution < -0.4 is 16.4 Å². The van der Waals surface area contributed by atoms with E-state index in [-0.39, 0.29) is 6.03 Å². The number of nitrogens with two attached hydrogens (primary N) is 1. The van der Waals surface area contributed by atoms with Crippen molar-refractivity contribution >= 4 is 11.8 Å². The maximum Gasteiger partial charge on any atom is 0.315 e. The van der Waals surface area contributed by atoms with Crippen LogP contribution in [0.15, 0.2) is 30.3 Å². The Kier molecular flexibility index (Phi) is 5.31. The number of hydrogen-bond acceptors (Lipinski definition) is 4. The summed E-state index contributed by atoms with van der Waals surface area (Å²) in [6, 6.07) is 12.0. The molecule has 6 rings (SSSR count). The first-order valence-corrected chi connectivity index (χ1v) is 11.5. The summed E-state index contributed by atoms with van der Waals surface area (Å²) in [5, 5.41) is 20.4. The van der Waals surface area contributed by atoms with E-state index in [2.05, 4.69) is 21.8 Å². The number of carbonyl (C=O) groups excluding carboxylic acids is 1. The van der Waals surface area contributed by atoms with Gasteiger partial charge >= 0.3 is 6.03 Å². The molecule has 0 unspecified atom stereocenters. The molecule has 4 N–H and O–H groups in total. The van der Waals surface area contributed by atoms with Crippen molar-refractivity contribution in [2.75, 3.05) is 12.3 Å². The highest BCUT2D eigenvalue weighted by Crippen LogP contribution is 2.53. The lowest BCUT2D eigenvalue weighted by Crippen LogP contribution is -2.57. The predicted molar refractivity (Wildman–Crippen MR) is 118 cm³/mol. The Morgan fingerprint density at radius 1 is 1.13 bits per heavy atom. The van der Waals surface area contributed by atoms with Gasteiger partial charge in [-0.15, -0.1) is 0 Å². The Balaban J connectivity index is 1.13. The van der Waals surface area contributed by atoms with Crippen molar-refractivity contribution in [1.29, 1.82) is 5.26 Å². The Hall–Kier alpha value is -3.01. The number of nitriles is 1. The second kappa shape index (κ2) is 8.26. The van der Waals surface area contributed by atoms with Gasteiger partial charge in [0.1, 0.15) is 17.5 Å². The van der Waals surface area contributed by atoms with E-state index in [0.29, 0.717) is 54.3 Å². The molecule has 162 valence electrons. The van der Waals surface area contributed by atoms with Crippen molar-refractivity contribution in [2.24, 2.45) is 23.7 Å². The number of nitrogens with one attached hydrogen (secondary N) is 2. The van der Waals surface area contributed by atoms with Crippen LogP contribution in [0.1, 0.15) is 49.8 Å². The number of aromatic nitrogens is 2. The molecule has 0 radical (unpaired) electrons. The van der Waals surface area contributed by atoms with Gasteiger partial charge in [-0.1, -0.05) is 18.2 Å². The van der Waals surface area contributed by atoms with Gasteiger partial charge in [-0.3, -0.25) is 0 Å². The first-order valence-electron chi connectivity index (χ1n) is 11.5. The van der Waals surface area contributed by atoms with Gasteiger partial charge in [0.25, 0.3) is 0 Å². The number of rotatable bonds is 6. The number of nitrogens with zero attached hydrogens (tertiary/aromatic N) is 3. The minimum Gasteiger partial charge on any atom is -0.382 e. The quantitative estimate of drug-likeness (QED) is 0.625. The summed E-state index contributed by atoms with van der Waals surface area (Å²) in [6.45, 7) is 0.544. The maximum absolute atomic E-state index is 12.5. The van der Waals surface area contributed by atoms with E-state index in [1.807, 2.05) is 30.3 Å². The van der Waals surface area contributed by atoms with Crippen LogP contribution in [-0.2, 0) is 6.42 Å². The van der Waals surface area contributed by atoms with E-state index in [4.69, 9.17) is 5.73 Å². The third-order valence-corrected chi connectivity index (χ3v) is 7.51. The van der Waals surface area contributed by atoms with Crippen molar-refractivity contribution in [1.82, 2.24) is 20.4 Å². The van der Waals surface area contributed by atoms with Gasteiger partial charge in [-0.25, -0.2) is 9.48 Å². The van der Waals surface area contributed by atoms with E-state index >= 15 is 0 Å². The summed E-state index contributed by atoms with van der Waals surface area (Å²) in [6.07, 6.45) is 7.88. The minimum absolute atomic E-state index is 0.0627. The monoisotopic (exact) mass is 418 g/mol. The van der Waals surface area contributed by atoms with Crippen molar-refractivity contribution in [2.45, 2.75) is 51.0 Å². The fraction of sp³-hybridized carbons (Fsp3) is 0.542. The zero-order chi connectivity index (χ0) is 21.4. The summed E-state index contributed by atoms with van der Waals surface area (Å²) in [4.78, 5) is 12.5.